The highest BCUT2D eigenvalue weighted by molar-refractivity contribution is 5.94. The number of anilines is 1. The second-order valence-corrected chi connectivity index (χ2v) is 6.68. The highest BCUT2D eigenvalue weighted by atomic mass is 19.1. The van der Waals surface area contributed by atoms with E-state index in [-0.39, 0.29) is 18.6 Å². The third-order valence-electron chi connectivity index (χ3n) is 5.29. The van der Waals surface area contributed by atoms with E-state index in [0.717, 1.165) is 11.1 Å². The first kappa shape index (κ1) is 17.0. The summed E-state index contributed by atoms with van der Waals surface area (Å²) in [5.41, 5.74) is 2.61. The van der Waals surface area contributed by atoms with E-state index in [2.05, 4.69) is 0 Å². The molecule has 7 nitrogen and oxygen atoms in total. The van der Waals surface area contributed by atoms with E-state index in [4.69, 9.17) is 9.84 Å². The molecule has 0 saturated carbocycles. The van der Waals surface area contributed by atoms with Crippen molar-refractivity contribution in [3.63, 3.8) is 0 Å². The maximum atomic E-state index is 14.7. The van der Waals surface area contributed by atoms with Gasteiger partial charge < -0.3 is 19.8 Å². The van der Waals surface area contributed by atoms with Gasteiger partial charge in [0.1, 0.15) is 18.5 Å². The van der Waals surface area contributed by atoms with Crippen LogP contribution in [-0.4, -0.2) is 65.6 Å². The maximum Gasteiger partial charge on any atom is 0.415 e. The van der Waals surface area contributed by atoms with Gasteiger partial charge >= 0.3 is 6.09 Å². The maximum absolute atomic E-state index is 14.7. The molecule has 2 atom stereocenters. The molecular formula is C18H19FN2O5. The van der Waals surface area contributed by atoms with Gasteiger partial charge in [-0.1, -0.05) is 6.08 Å². The average molecular weight is 362 g/mol. The number of aliphatic hydroxyl groups is 2. The van der Waals surface area contributed by atoms with E-state index in [9.17, 15) is 19.1 Å². The fraction of sp³-hybridized carbons (Fsp3) is 0.444. The molecule has 8 heteroatoms. The fourth-order valence-electron chi connectivity index (χ4n) is 3.93. The number of carbonyl (C=O) groups excluding carboxylic acids is 2. The van der Waals surface area contributed by atoms with Crippen molar-refractivity contribution < 1.29 is 28.9 Å². The van der Waals surface area contributed by atoms with Crippen LogP contribution in [0.2, 0.25) is 0 Å². The van der Waals surface area contributed by atoms with E-state index in [0.29, 0.717) is 37.2 Å². The Morgan fingerprint density at radius 1 is 1.35 bits per heavy atom. The number of benzene rings is 1. The van der Waals surface area contributed by atoms with Crippen molar-refractivity contribution in [3.05, 3.63) is 35.2 Å². The molecule has 0 bridgehead atoms. The van der Waals surface area contributed by atoms with Crippen LogP contribution in [-0.2, 0) is 16.0 Å². The molecule has 1 fully saturated rings. The summed E-state index contributed by atoms with van der Waals surface area (Å²) in [6, 6.07) is 2.79. The Bertz CT molecular complexity index is 809. The summed E-state index contributed by atoms with van der Waals surface area (Å²) in [4.78, 5) is 26.5. The van der Waals surface area contributed by atoms with Gasteiger partial charge in [-0.15, -0.1) is 0 Å². The minimum absolute atomic E-state index is 0.268. The Morgan fingerprint density at radius 2 is 2.15 bits per heavy atom. The predicted molar refractivity (Wildman–Crippen MR) is 90.0 cm³/mol. The second-order valence-electron chi connectivity index (χ2n) is 6.68. The first-order valence-corrected chi connectivity index (χ1v) is 8.54. The minimum atomic E-state index is -0.603. The number of ether oxygens (including phenoxy) is 1. The zero-order valence-electron chi connectivity index (χ0n) is 14.0. The largest absolute Gasteiger partial charge is 0.441 e. The monoisotopic (exact) mass is 362 g/mol. The minimum Gasteiger partial charge on any atom is -0.441 e. The Morgan fingerprint density at radius 3 is 2.81 bits per heavy atom. The van der Waals surface area contributed by atoms with Gasteiger partial charge in [-0.2, -0.15) is 0 Å². The van der Waals surface area contributed by atoms with Gasteiger partial charge in [0.2, 0.25) is 5.91 Å². The summed E-state index contributed by atoms with van der Waals surface area (Å²) in [5.74, 6) is -0.776. The number of fused-ring (bicyclic) bond motifs is 3. The first-order valence-electron chi connectivity index (χ1n) is 8.54. The third-order valence-corrected chi connectivity index (χ3v) is 5.29. The van der Waals surface area contributed by atoms with Crippen LogP contribution in [0.25, 0.3) is 5.57 Å². The van der Waals surface area contributed by atoms with Gasteiger partial charge in [-0.25, -0.2) is 9.18 Å². The Balaban J connectivity index is 1.62. The van der Waals surface area contributed by atoms with Crippen LogP contribution in [0.1, 0.15) is 17.5 Å². The van der Waals surface area contributed by atoms with Crippen LogP contribution in [0.3, 0.4) is 0 Å². The lowest BCUT2D eigenvalue weighted by molar-refractivity contribution is -0.133. The van der Waals surface area contributed by atoms with Crippen molar-refractivity contribution in [3.8, 4) is 0 Å². The number of halogens is 1. The van der Waals surface area contributed by atoms with Gasteiger partial charge in [0.25, 0.3) is 0 Å². The molecule has 1 saturated heterocycles. The predicted octanol–water partition coefficient (Wildman–Crippen LogP) is 0.676. The molecule has 1 aromatic carbocycles. The van der Waals surface area contributed by atoms with E-state index >= 15 is 0 Å². The topological polar surface area (TPSA) is 90.3 Å². The van der Waals surface area contributed by atoms with Crippen LogP contribution in [0, 0.1) is 5.82 Å². The molecule has 3 heterocycles. The summed E-state index contributed by atoms with van der Waals surface area (Å²) < 4.78 is 19.8. The van der Waals surface area contributed by atoms with E-state index in [1.54, 1.807) is 12.1 Å². The lowest BCUT2D eigenvalue weighted by Crippen LogP contribution is -2.36. The third kappa shape index (κ3) is 2.57. The number of nitrogens with zero attached hydrogens (tertiary/aromatic N) is 2. The first-order chi connectivity index (χ1) is 12.5. The van der Waals surface area contributed by atoms with Crippen molar-refractivity contribution >= 4 is 23.3 Å². The lowest BCUT2D eigenvalue weighted by Gasteiger charge is -2.26. The van der Waals surface area contributed by atoms with Crippen LogP contribution in [0.15, 0.2) is 18.2 Å². The summed E-state index contributed by atoms with van der Waals surface area (Å²) in [5, 5.41) is 18.3. The van der Waals surface area contributed by atoms with Crippen LogP contribution < -0.4 is 4.90 Å². The van der Waals surface area contributed by atoms with Crippen LogP contribution in [0.5, 0.6) is 0 Å². The van der Waals surface area contributed by atoms with Crippen molar-refractivity contribution in [2.75, 3.05) is 31.2 Å². The fourth-order valence-corrected chi connectivity index (χ4v) is 3.93. The quantitative estimate of drug-likeness (QED) is 0.825. The highest BCUT2D eigenvalue weighted by Gasteiger charge is 2.47. The van der Waals surface area contributed by atoms with Gasteiger partial charge in [0, 0.05) is 18.7 Å². The molecule has 0 aromatic heterocycles. The Labute approximate surface area is 149 Å². The van der Waals surface area contributed by atoms with Gasteiger partial charge in [0.15, 0.2) is 0 Å². The summed E-state index contributed by atoms with van der Waals surface area (Å²) in [7, 11) is 0. The zero-order chi connectivity index (χ0) is 18.4. The molecule has 4 rings (SSSR count). The molecule has 26 heavy (non-hydrogen) atoms. The number of carbonyl (C=O) groups is 2. The van der Waals surface area contributed by atoms with Crippen molar-refractivity contribution in [1.82, 2.24) is 4.90 Å². The SMILES string of the molecule is O=C(CO)N1CC=C(c2cc3c(cc2F)N2C(=O)OC(CO)[C@@H]2C3)CC1. The highest BCUT2D eigenvalue weighted by Crippen LogP contribution is 2.41. The smallest absolute Gasteiger partial charge is 0.415 e. The Kier molecular flexibility index (Phi) is 4.16. The summed E-state index contributed by atoms with van der Waals surface area (Å²) in [6.45, 7) is -0.0415. The second kappa shape index (κ2) is 6.37. The van der Waals surface area contributed by atoms with Crippen molar-refractivity contribution in [1.29, 1.82) is 0 Å². The van der Waals surface area contributed by atoms with Crippen molar-refractivity contribution in [2.45, 2.75) is 25.0 Å². The van der Waals surface area contributed by atoms with E-state index < -0.39 is 24.6 Å². The zero-order valence-corrected chi connectivity index (χ0v) is 14.0. The molecule has 2 amide bonds. The van der Waals surface area contributed by atoms with Gasteiger partial charge in [0.05, 0.1) is 18.3 Å². The summed E-state index contributed by atoms with van der Waals surface area (Å²) >= 11 is 0. The molecule has 0 spiro atoms. The van der Waals surface area contributed by atoms with Gasteiger partial charge in [-0.05, 0) is 36.1 Å². The van der Waals surface area contributed by atoms with Crippen LogP contribution >= 0.6 is 0 Å². The normalized spacial score (nSPS) is 24.3. The molecule has 2 N–H and O–H groups in total. The standard InChI is InChI=1S/C18H19FN2O5/c19-13-7-14-11(6-15-16(8-22)26-18(25)21(14)15)5-12(13)10-1-3-20(4-2-10)17(24)9-23/h1,5,7,15-16,22-23H,2-4,6,8-9H2/t15-,16?/m0/s1. The number of aliphatic hydroxyl groups excluding tert-OH is 2. The Hall–Kier alpha value is -2.45. The van der Waals surface area contributed by atoms with Crippen molar-refractivity contribution in [2.24, 2.45) is 0 Å². The van der Waals surface area contributed by atoms with Gasteiger partial charge in [-0.3, -0.25) is 9.69 Å². The molecular weight excluding hydrogens is 343 g/mol. The molecule has 3 aliphatic heterocycles. The molecule has 138 valence electrons. The number of amides is 2. The number of rotatable bonds is 3. The molecule has 3 aliphatic rings. The number of cyclic esters (lactones) is 1. The molecule has 1 aromatic rings. The van der Waals surface area contributed by atoms with Crippen LogP contribution in [0.4, 0.5) is 14.9 Å². The molecule has 1 unspecified atom stereocenters. The number of hydrogen-bond donors (Lipinski definition) is 2. The number of hydrogen-bond acceptors (Lipinski definition) is 5. The molecule has 0 radical (unpaired) electrons. The van der Waals surface area contributed by atoms with E-state index in [1.165, 1.54) is 15.9 Å². The lowest BCUT2D eigenvalue weighted by atomic mass is 9.95. The summed E-state index contributed by atoms with van der Waals surface area (Å²) in [6.07, 6.45) is 1.63. The van der Waals surface area contributed by atoms with E-state index in [1.807, 2.05) is 0 Å². The molecule has 0 aliphatic carbocycles. The average Bonchev–Trinajstić information content (AvgIpc) is 3.17.